The molecule has 1 heterocycles. The van der Waals surface area contributed by atoms with Crippen molar-refractivity contribution in [2.75, 3.05) is 0 Å². The summed E-state index contributed by atoms with van der Waals surface area (Å²) in [6, 6.07) is 7.61. The summed E-state index contributed by atoms with van der Waals surface area (Å²) in [5, 5.41) is 3.51. The third kappa shape index (κ3) is 1.89. The Morgan fingerprint density at radius 3 is 1.59 bits per heavy atom. The van der Waals surface area contributed by atoms with Gasteiger partial charge in [-0.1, -0.05) is 23.2 Å². The van der Waals surface area contributed by atoms with E-state index in [4.69, 9.17) is 23.2 Å². The summed E-state index contributed by atoms with van der Waals surface area (Å²) < 4.78 is 1.89. The molecule has 0 atom stereocenters. The molecule has 0 unspecified atom stereocenters. The van der Waals surface area contributed by atoms with Crippen molar-refractivity contribution in [2.24, 2.45) is 0 Å². The molecule has 0 radical (unpaired) electrons. The first-order valence-corrected chi connectivity index (χ1v) is 7.16. The molecule has 1 aromatic heterocycles. The molecule has 1 nitrogen and oxygen atoms in total. The predicted molar refractivity (Wildman–Crippen MR) is 81.2 cm³/mol. The van der Waals surface area contributed by atoms with Crippen molar-refractivity contribution in [1.82, 2.24) is 4.98 Å². The van der Waals surface area contributed by atoms with Crippen LogP contribution in [0, 0.1) is 0 Å². The second-order valence-corrected chi connectivity index (χ2v) is 6.33. The lowest BCUT2D eigenvalue weighted by molar-refractivity contribution is 1.51. The molecular weight excluding hydrogens is 389 g/mol. The Labute approximate surface area is 124 Å². The first-order chi connectivity index (χ1) is 8.06. The van der Waals surface area contributed by atoms with Crippen molar-refractivity contribution in [2.45, 2.75) is 0 Å². The summed E-state index contributed by atoms with van der Waals surface area (Å²) in [5.41, 5.74) is 2.04. The van der Waals surface area contributed by atoms with Gasteiger partial charge in [0.2, 0.25) is 0 Å². The minimum Gasteiger partial charge on any atom is -0.353 e. The number of H-pyrrole nitrogens is 1. The van der Waals surface area contributed by atoms with Crippen LogP contribution in [-0.4, -0.2) is 4.98 Å². The van der Waals surface area contributed by atoms with Crippen molar-refractivity contribution in [1.29, 1.82) is 0 Å². The van der Waals surface area contributed by atoms with E-state index in [2.05, 4.69) is 36.8 Å². The van der Waals surface area contributed by atoms with E-state index < -0.39 is 0 Å². The van der Waals surface area contributed by atoms with Crippen LogP contribution in [0.1, 0.15) is 0 Å². The smallest absolute Gasteiger partial charge is 0.0610 e. The molecule has 0 fully saturated rings. The molecule has 17 heavy (non-hydrogen) atoms. The lowest BCUT2D eigenvalue weighted by atomic mass is 10.1. The van der Waals surface area contributed by atoms with Gasteiger partial charge in [0.15, 0.2) is 0 Å². The van der Waals surface area contributed by atoms with Gasteiger partial charge in [-0.15, -0.1) is 0 Å². The Morgan fingerprint density at radius 1 is 0.765 bits per heavy atom. The summed E-state index contributed by atoms with van der Waals surface area (Å²) in [4.78, 5) is 3.36. The number of aromatic nitrogens is 1. The van der Waals surface area contributed by atoms with Gasteiger partial charge in [0, 0.05) is 29.8 Å². The second-order valence-electron chi connectivity index (χ2n) is 3.75. The van der Waals surface area contributed by atoms with E-state index in [1.807, 2.05) is 24.3 Å². The zero-order valence-electron chi connectivity index (χ0n) is 8.32. The zero-order valence-corrected chi connectivity index (χ0v) is 13.0. The standard InChI is InChI=1S/C12H5Br2Cl2N/c13-9-3-5(15)1-7-8-2-6(16)4-10(14)12(8)17-11(7)9/h1-4,17H. The van der Waals surface area contributed by atoms with Gasteiger partial charge in [-0.05, 0) is 56.1 Å². The third-order valence-corrected chi connectivity index (χ3v) is 4.34. The number of halogens is 4. The van der Waals surface area contributed by atoms with Crippen LogP contribution >= 0.6 is 55.1 Å². The molecule has 0 amide bonds. The highest BCUT2D eigenvalue weighted by Gasteiger charge is 2.11. The molecule has 2 aromatic carbocycles. The molecule has 5 heteroatoms. The fourth-order valence-electron chi connectivity index (χ4n) is 1.95. The number of hydrogen-bond acceptors (Lipinski definition) is 0. The lowest BCUT2D eigenvalue weighted by Crippen LogP contribution is -1.71. The van der Waals surface area contributed by atoms with E-state index >= 15 is 0 Å². The summed E-state index contributed by atoms with van der Waals surface area (Å²) in [7, 11) is 0. The maximum absolute atomic E-state index is 6.07. The van der Waals surface area contributed by atoms with Crippen molar-refractivity contribution >= 4 is 76.9 Å². The summed E-state index contributed by atoms with van der Waals surface area (Å²) in [5.74, 6) is 0. The van der Waals surface area contributed by atoms with Crippen molar-refractivity contribution < 1.29 is 0 Å². The van der Waals surface area contributed by atoms with Gasteiger partial charge in [-0.2, -0.15) is 0 Å². The molecule has 86 valence electrons. The molecular formula is C12H5Br2Cl2N. The molecule has 0 spiro atoms. The largest absolute Gasteiger partial charge is 0.353 e. The summed E-state index contributed by atoms with van der Waals surface area (Å²) in [6.07, 6.45) is 0. The van der Waals surface area contributed by atoms with Gasteiger partial charge in [-0.25, -0.2) is 0 Å². The average molecular weight is 394 g/mol. The van der Waals surface area contributed by atoms with Crippen LogP contribution in [0.3, 0.4) is 0 Å². The van der Waals surface area contributed by atoms with Crippen LogP contribution in [0.15, 0.2) is 33.2 Å². The Balaban J connectivity index is 2.60. The molecule has 0 aliphatic heterocycles. The average Bonchev–Trinajstić information content (AvgIpc) is 2.58. The number of hydrogen-bond donors (Lipinski definition) is 1. The van der Waals surface area contributed by atoms with Crippen LogP contribution in [0.4, 0.5) is 0 Å². The molecule has 3 rings (SSSR count). The fraction of sp³-hybridized carbons (Fsp3) is 0. The maximum atomic E-state index is 6.07. The van der Waals surface area contributed by atoms with Crippen LogP contribution in [0.2, 0.25) is 10.0 Å². The van der Waals surface area contributed by atoms with E-state index in [-0.39, 0.29) is 0 Å². The molecule has 0 saturated heterocycles. The van der Waals surface area contributed by atoms with Crippen LogP contribution in [-0.2, 0) is 0 Å². The van der Waals surface area contributed by atoms with Gasteiger partial charge in [-0.3, -0.25) is 0 Å². The second kappa shape index (κ2) is 4.16. The number of rotatable bonds is 0. The normalized spacial score (nSPS) is 11.5. The first-order valence-electron chi connectivity index (χ1n) is 4.82. The lowest BCUT2D eigenvalue weighted by Gasteiger charge is -1.97. The van der Waals surface area contributed by atoms with Crippen molar-refractivity contribution in [3.8, 4) is 0 Å². The monoisotopic (exact) mass is 391 g/mol. The van der Waals surface area contributed by atoms with Gasteiger partial charge in [0.05, 0.1) is 11.0 Å². The topological polar surface area (TPSA) is 15.8 Å². The SMILES string of the molecule is Clc1cc(Br)c2[nH]c3c(Br)cc(Cl)cc3c2c1. The first kappa shape index (κ1) is 11.8. The number of fused-ring (bicyclic) bond motifs is 3. The van der Waals surface area contributed by atoms with Crippen LogP contribution in [0.5, 0.6) is 0 Å². The van der Waals surface area contributed by atoms with E-state index in [0.717, 1.165) is 30.8 Å². The number of aromatic amines is 1. The Bertz CT molecular complexity index is 687. The molecule has 1 N–H and O–H groups in total. The van der Waals surface area contributed by atoms with E-state index in [1.54, 1.807) is 0 Å². The number of nitrogens with one attached hydrogen (secondary N) is 1. The van der Waals surface area contributed by atoms with E-state index in [1.165, 1.54) is 0 Å². The van der Waals surface area contributed by atoms with Crippen molar-refractivity contribution in [3.63, 3.8) is 0 Å². The molecule has 0 bridgehead atoms. The van der Waals surface area contributed by atoms with Crippen molar-refractivity contribution in [3.05, 3.63) is 43.3 Å². The third-order valence-electron chi connectivity index (χ3n) is 2.65. The Kier molecular flexibility index (Phi) is 2.90. The van der Waals surface area contributed by atoms with E-state index in [9.17, 15) is 0 Å². The highest BCUT2D eigenvalue weighted by atomic mass is 79.9. The van der Waals surface area contributed by atoms with Crippen LogP contribution < -0.4 is 0 Å². The summed E-state index contributed by atoms with van der Waals surface area (Å²) in [6.45, 7) is 0. The molecule has 0 aliphatic rings. The molecule has 3 aromatic rings. The highest BCUT2D eigenvalue weighted by Crippen LogP contribution is 2.37. The number of benzene rings is 2. The molecule has 0 saturated carbocycles. The van der Waals surface area contributed by atoms with Gasteiger partial charge >= 0.3 is 0 Å². The van der Waals surface area contributed by atoms with Gasteiger partial charge < -0.3 is 4.98 Å². The zero-order chi connectivity index (χ0) is 12.2. The maximum Gasteiger partial charge on any atom is 0.0610 e. The quantitative estimate of drug-likeness (QED) is 0.471. The molecule has 0 aliphatic carbocycles. The fourth-order valence-corrected chi connectivity index (χ4v) is 3.77. The summed E-state index contributed by atoms with van der Waals surface area (Å²) >= 11 is 19.2. The van der Waals surface area contributed by atoms with E-state index in [0.29, 0.717) is 10.0 Å². The van der Waals surface area contributed by atoms with Gasteiger partial charge in [0.1, 0.15) is 0 Å². The van der Waals surface area contributed by atoms with Gasteiger partial charge in [0.25, 0.3) is 0 Å². The minimum absolute atomic E-state index is 0.696. The minimum atomic E-state index is 0.696. The Morgan fingerprint density at radius 2 is 1.18 bits per heavy atom. The highest BCUT2D eigenvalue weighted by molar-refractivity contribution is 9.11. The predicted octanol–water partition coefficient (Wildman–Crippen LogP) is 6.15. The van der Waals surface area contributed by atoms with Crippen LogP contribution in [0.25, 0.3) is 21.8 Å². The Hall–Kier alpha value is -0.220.